The lowest BCUT2D eigenvalue weighted by Crippen LogP contribution is -2.45. The molecule has 0 aromatic heterocycles. The molecule has 1 aromatic carbocycles. The number of nitrogens with two attached hydrogens (primary N) is 1. The summed E-state index contributed by atoms with van der Waals surface area (Å²) in [6.07, 6.45) is 0. The molecule has 0 aliphatic rings. The van der Waals surface area contributed by atoms with E-state index < -0.39 is 5.54 Å². The molecule has 0 unspecified atom stereocenters. The van der Waals surface area contributed by atoms with Crippen LogP contribution in [0.3, 0.4) is 0 Å². The van der Waals surface area contributed by atoms with Gasteiger partial charge in [-0.2, -0.15) is 0 Å². The summed E-state index contributed by atoms with van der Waals surface area (Å²) >= 11 is 0. The van der Waals surface area contributed by atoms with Crippen molar-refractivity contribution in [2.24, 2.45) is 5.73 Å². The SMILES string of the molecule is Cc1cc(NC(=O)C(C)(C)N)ccc1C(=O)NC(C)C. The number of rotatable bonds is 4. The number of benzene rings is 1. The second kappa shape index (κ2) is 6.05. The molecule has 1 aromatic rings. The molecule has 0 saturated heterocycles. The minimum Gasteiger partial charge on any atom is -0.350 e. The average molecular weight is 277 g/mol. The van der Waals surface area contributed by atoms with Gasteiger partial charge in [-0.15, -0.1) is 0 Å². The summed E-state index contributed by atoms with van der Waals surface area (Å²) in [5.41, 5.74) is 6.81. The molecule has 0 radical (unpaired) electrons. The lowest BCUT2D eigenvalue weighted by Gasteiger charge is -2.18. The third-order valence-electron chi connectivity index (χ3n) is 2.73. The molecule has 20 heavy (non-hydrogen) atoms. The van der Waals surface area contributed by atoms with Crippen molar-refractivity contribution in [3.8, 4) is 0 Å². The van der Waals surface area contributed by atoms with Crippen molar-refractivity contribution in [2.45, 2.75) is 46.2 Å². The molecule has 5 heteroatoms. The van der Waals surface area contributed by atoms with Crippen molar-refractivity contribution in [1.29, 1.82) is 0 Å². The number of amides is 2. The molecule has 0 bridgehead atoms. The van der Waals surface area contributed by atoms with Crippen molar-refractivity contribution in [1.82, 2.24) is 5.32 Å². The first-order valence-electron chi connectivity index (χ1n) is 6.63. The standard InChI is InChI=1S/C15H23N3O2/c1-9(2)17-13(19)12-7-6-11(8-10(12)3)18-14(20)15(4,5)16/h6-9H,16H2,1-5H3,(H,17,19)(H,18,20). The largest absolute Gasteiger partial charge is 0.350 e. The Morgan fingerprint density at radius 1 is 1.25 bits per heavy atom. The molecule has 0 fully saturated rings. The molecule has 5 nitrogen and oxygen atoms in total. The molecule has 2 amide bonds. The molecular formula is C15H23N3O2. The van der Waals surface area contributed by atoms with E-state index in [1.165, 1.54) is 0 Å². The lowest BCUT2D eigenvalue weighted by atomic mass is 10.0. The molecule has 0 spiro atoms. The lowest BCUT2D eigenvalue weighted by molar-refractivity contribution is -0.120. The van der Waals surface area contributed by atoms with Crippen LogP contribution in [0.1, 0.15) is 43.6 Å². The Morgan fingerprint density at radius 3 is 2.30 bits per heavy atom. The third-order valence-corrected chi connectivity index (χ3v) is 2.73. The van der Waals surface area contributed by atoms with Crippen molar-refractivity contribution >= 4 is 17.5 Å². The summed E-state index contributed by atoms with van der Waals surface area (Å²) in [4.78, 5) is 23.7. The topological polar surface area (TPSA) is 84.2 Å². The maximum Gasteiger partial charge on any atom is 0.251 e. The molecule has 110 valence electrons. The van der Waals surface area contributed by atoms with Crippen LogP contribution in [0, 0.1) is 6.92 Å². The quantitative estimate of drug-likeness (QED) is 0.784. The first kappa shape index (κ1) is 16.2. The van der Waals surface area contributed by atoms with Gasteiger partial charge in [-0.1, -0.05) is 0 Å². The molecule has 0 aliphatic carbocycles. The van der Waals surface area contributed by atoms with Crippen LogP contribution in [0.4, 0.5) is 5.69 Å². The predicted octanol–water partition coefficient (Wildman–Crippen LogP) is 1.81. The number of carbonyl (C=O) groups is 2. The van der Waals surface area contributed by atoms with Crippen LogP contribution in [0.5, 0.6) is 0 Å². The van der Waals surface area contributed by atoms with E-state index in [-0.39, 0.29) is 17.9 Å². The van der Waals surface area contributed by atoms with Crippen molar-refractivity contribution in [2.75, 3.05) is 5.32 Å². The van der Waals surface area contributed by atoms with E-state index in [0.717, 1.165) is 5.56 Å². The maximum absolute atomic E-state index is 12.0. The second-order valence-electron chi connectivity index (χ2n) is 5.83. The Bertz CT molecular complexity index is 516. The van der Waals surface area contributed by atoms with Gasteiger partial charge in [0.05, 0.1) is 5.54 Å². The summed E-state index contributed by atoms with van der Waals surface area (Å²) in [6.45, 7) is 8.92. The van der Waals surface area contributed by atoms with Gasteiger partial charge >= 0.3 is 0 Å². The zero-order chi connectivity index (χ0) is 15.5. The fraction of sp³-hybridized carbons (Fsp3) is 0.467. The number of hydrogen-bond acceptors (Lipinski definition) is 3. The van der Waals surface area contributed by atoms with Crippen LogP contribution in [0.25, 0.3) is 0 Å². The maximum atomic E-state index is 12.0. The zero-order valence-corrected chi connectivity index (χ0v) is 12.7. The Labute approximate surface area is 119 Å². The Balaban J connectivity index is 2.89. The van der Waals surface area contributed by atoms with E-state index in [1.54, 1.807) is 32.0 Å². The van der Waals surface area contributed by atoms with Crippen LogP contribution in [-0.2, 0) is 4.79 Å². The first-order valence-corrected chi connectivity index (χ1v) is 6.63. The van der Waals surface area contributed by atoms with Gasteiger partial charge in [0.2, 0.25) is 5.91 Å². The number of hydrogen-bond donors (Lipinski definition) is 3. The predicted molar refractivity (Wildman–Crippen MR) is 80.7 cm³/mol. The summed E-state index contributed by atoms with van der Waals surface area (Å²) in [7, 11) is 0. The zero-order valence-electron chi connectivity index (χ0n) is 12.7. The van der Waals surface area contributed by atoms with Crippen LogP contribution in [-0.4, -0.2) is 23.4 Å². The monoisotopic (exact) mass is 277 g/mol. The van der Waals surface area contributed by atoms with E-state index in [2.05, 4.69) is 10.6 Å². The van der Waals surface area contributed by atoms with E-state index in [0.29, 0.717) is 11.3 Å². The number of anilines is 1. The van der Waals surface area contributed by atoms with Gasteiger partial charge in [-0.05, 0) is 58.4 Å². The second-order valence-corrected chi connectivity index (χ2v) is 5.83. The van der Waals surface area contributed by atoms with Crippen LogP contribution in [0.15, 0.2) is 18.2 Å². The highest BCUT2D eigenvalue weighted by atomic mass is 16.2. The van der Waals surface area contributed by atoms with E-state index >= 15 is 0 Å². The summed E-state index contributed by atoms with van der Waals surface area (Å²) in [5, 5.41) is 5.57. The molecule has 0 aliphatic heterocycles. The van der Waals surface area contributed by atoms with Gasteiger partial charge in [0.1, 0.15) is 0 Å². The summed E-state index contributed by atoms with van der Waals surface area (Å²) in [5.74, 6) is -0.384. The van der Waals surface area contributed by atoms with Gasteiger partial charge in [0.25, 0.3) is 5.91 Å². The normalized spacial score (nSPS) is 11.3. The Kier molecular flexibility index (Phi) is 4.89. The minimum absolute atomic E-state index is 0.0827. The molecule has 0 heterocycles. The Morgan fingerprint density at radius 2 is 1.85 bits per heavy atom. The molecule has 0 atom stereocenters. The first-order chi connectivity index (χ1) is 9.11. The number of carbonyl (C=O) groups excluding carboxylic acids is 2. The highest BCUT2D eigenvalue weighted by Crippen LogP contribution is 2.16. The number of aryl methyl sites for hydroxylation is 1. The van der Waals surface area contributed by atoms with Gasteiger partial charge in [0, 0.05) is 17.3 Å². The molecule has 1 rings (SSSR count). The van der Waals surface area contributed by atoms with Gasteiger partial charge in [-0.25, -0.2) is 0 Å². The molecule has 0 saturated carbocycles. The van der Waals surface area contributed by atoms with Crippen LogP contribution in [0.2, 0.25) is 0 Å². The highest BCUT2D eigenvalue weighted by molar-refractivity contribution is 5.99. The number of nitrogens with one attached hydrogen (secondary N) is 2. The summed E-state index contributed by atoms with van der Waals surface area (Å²) < 4.78 is 0. The smallest absolute Gasteiger partial charge is 0.251 e. The van der Waals surface area contributed by atoms with Crippen molar-refractivity contribution in [3.05, 3.63) is 29.3 Å². The van der Waals surface area contributed by atoms with Gasteiger partial charge in [-0.3, -0.25) is 9.59 Å². The highest BCUT2D eigenvalue weighted by Gasteiger charge is 2.22. The van der Waals surface area contributed by atoms with Gasteiger partial charge < -0.3 is 16.4 Å². The fourth-order valence-electron chi connectivity index (χ4n) is 1.63. The Hall–Kier alpha value is -1.88. The van der Waals surface area contributed by atoms with E-state index in [9.17, 15) is 9.59 Å². The van der Waals surface area contributed by atoms with Crippen LogP contribution >= 0.6 is 0 Å². The van der Waals surface area contributed by atoms with Gasteiger partial charge in [0.15, 0.2) is 0 Å². The molecular weight excluding hydrogens is 254 g/mol. The molecule has 4 N–H and O–H groups in total. The van der Waals surface area contributed by atoms with E-state index in [4.69, 9.17) is 5.73 Å². The van der Waals surface area contributed by atoms with Crippen molar-refractivity contribution in [3.63, 3.8) is 0 Å². The third kappa shape index (κ3) is 4.35. The van der Waals surface area contributed by atoms with Crippen LogP contribution < -0.4 is 16.4 Å². The summed E-state index contributed by atoms with van der Waals surface area (Å²) in [6, 6.07) is 5.25. The minimum atomic E-state index is -0.943. The fourth-order valence-corrected chi connectivity index (χ4v) is 1.63. The van der Waals surface area contributed by atoms with Crippen molar-refractivity contribution < 1.29 is 9.59 Å². The average Bonchev–Trinajstić information content (AvgIpc) is 2.26. The van der Waals surface area contributed by atoms with E-state index in [1.807, 2.05) is 20.8 Å².